The molecule has 2 heterocycles. The van der Waals surface area contributed by atoms with Crippen molar-refractivity contribution in [3.63, 3.8) is 0 Å². The molecular formula is C18H19N4O3. The van der Waals surface area contributed by atoms with Crippen LogP contribution in [0, 0.1) is 6.07 Å². The number of H-pyrrole nitrogens is 1. The summed E-state index contributed by atoms with van der Waals surface area (Å²) in [6.07, 6.45) is 1.23. The topological polar surface area (TPSA) is 93.3 Å². The number of ether oxygens (including phenoxy) is 1. The highest BCUT2D eigenvalue weighted by Crippen LogP contribution is 2.29. The predicted octanol–water partition coefficient (Wildman–Crippen LogP) is 1.66. The summed E-state index contributed by atoms with van der Waals surface area (Å²) in [6.45, 7) is 1.35. The molecule has 0 aliphatic carbocycles. The zero-order valence-electron chi connectivity index (χ0n) is 14.1. The molecule has 1 amide bonds. The van der Waals surface area contributed by atoms with Gasteiger partial charge in [0.05, 0.1) is 11.3 Å². The molecule has 0 saturated carbocycles. The third kappa shape index (κ3) is 3.41. The Bertz CT molecular complexity index is 972. The van der Waals surface area contributed by atoms with Crippen molar-refractivity contribution in [3.05, 3.63) is 52.9 Å². The average Bonchev–Trinajstić information content (AvgIpc) is 2.99. The molecule has 7 heteroatoms. The van der Waals surface area contributed by atoms with Crippen molar-refractivity contribution >= 4 is 16.9 Å². The Kier molecular flexibility index (Phi) is 4.58. The Morgan fingerprint density at radius 3 is 2.92 bits per heavy atom. The van der Waals surface area contributed by atoms with Gasteiger partial charge in [-0.3, -0.25) is 4.79 Å². The fraction of sp³-hybridized carbons (Fsp3) is 0.222. The van der Waals surface area contributed by atoms with Gasteiger partial charge < -0.3 is 20.4 Å². The van der Waals surface area contributed by atoms with Gasteiger partial charge in [0.2, 0.25) is 0 Å². The number of likely N-dealkylation sites (N-methyl/N-ethyl adjacent to an activating group) is 1. The molecule has 3 aromatic rings. The van der Waals surface area contributed by atoms with Crippen LogP contribution in [-0.4, -0.2) is 47.7 Å². The van der Waals surface area contributed by atoms with E-state index in [1.807, 2.05) is 43.3 Å². The summed E-state index contributed by atoms with van der Waals surface area (Å²) in [5.74, 6) is 0.733. The first-order valence-electron chi connectivity index (χ1n) is 7.79. The van der Waals surface area contributed by atoms with Crippen LogP contribution >= 0.6 is 0 Å². The van der Waals surface area contributed by atoms with Gasteiger partial charge in [-0.2, -0.15) is 0 Å². The van der Waals surface area contributed by atoms with Crippen LogP contribution in [-0.2, 0) is 0 Å². The third-order valence-corrected chi connectivity index (χ3v) is 3.83. The minimum Gasteiger partial charge on any atom is -0.492 e. The van der Waals surface area contributed by atoms with Gasteiger partial charge in [0, 0.05) is 29.7 Å². The summed E-state index contributed by atoms with van der Waals surface area (Å²) in [4.78, 5) is 29.0. The van der Waals surface area contributed by atoms with Gasteiger partial charge in [-0.1, -0.05) is 6.07 Å². The number of aromatic amines is 1. The summed E-state index contributed by atoms with van der Waals surface area (Å²) >= 11 is 0. The molecule has 0 aliphatic rings. The number of hydrogen-bond acceptors (Lipinski definition) is 4. The molecule has 3 rings (SSSR count). The van der Waals surface area contributed by atoms with Crippen molar-refractivity contribution in [1.82, 2.24) is 14.5 Å². The van der Waals surface area contributed by atoms with E-state index >= 15 is 0 Å². The van der Waals surface area contributed by atoms with Gasteiger partial charge >= 0.3 is 6.03 Å². The molecule has 0 fully saturated rings. The lowest BCUT2D eigenvalue weighted by Crippen LogP contribution is -2.31. The molecule has 3 N–H and O–H groups in total. The van der Waals surface area contributed by atoms with Gasteiger partial charge in [0.1, 0.15) is 12.4 Å². The maximum absolute atomic E-state index is 12.4. The van der Waals surface area contributed by atoms with Crippen molar-refractivity contribution in [1.29, 1.82) is 0 Å². The van der Waals surface area contributed by atoms with Crippen LogP contribution in [0.25, 0.3) is 22.2 Å². The van der Waals surface area contributed by atoms with E-state index in [0.717, 1.165) is 27.8 Å². The third-order valence-electron chi connectivity index (χ3n) is 3.83. The van der Waals surface area contributed by atoms with E-state index in [0.29, 0.717) is 17.9 Å². The molecule has 7 nitrogen and oxygen atoms in total. The zero-order valence-corrected chi connectivity index (χ0v) is 14.1. The number of fused-ring (bicyclic) bond motifs is 1. The summed E-state index contributed by atoms with van der Waals surface area (Å²) in [5, 5.41) is 0.866. The molecule has 25 heavy (non-hydrogen) atoms. The maximum Gasteiger partial charge on any atom is 0.325 e. The molecule has 0 atom stereocenters. The first-order chi connectivity index (χ1) is 12.0. The molecular weight excluding hydrogens is 320 g/mol. The van der Waals surface area contributed by atoms with Gasteiger partial charge in [0.15, 0.2) is 0 Å². The Hall–Kier alpha value is -3.06. The first kappa shape index (κ1) is 16.8. The lowest BCUT2D eigenvalue weighted by Gasteiger charge is -2.11. The number of nitrogens with one attached hydrogen (secondary N) is 1. The number of amides is 1. The van der Waals surface area contributed by atoms with Crippen molar-refractivity contribution in [2.75, 3.05) is 27.2 Å². The number of rotatable bonds is 5. The number of carbonyl (C=O) groups is 1. The van der Waals surface area contributed by atoms with E-state index in [9.17, 15) is 9.59 Å². The van der Waals surface area contributed by atoms with Crippen LogP contribution in [0.2, 0.25) is 0 Å². The summed E-state index contributed by atoms with van der Waals surface area (Å²) in [7, 11) is 3.96. The Balaban J connectivity index is 2.01. The van der Waals surface area contributed by atoms with Gasteiger partial charge in [-0.15, -0.1) is 0 Å². The average molecular weight is 339 g/mol. The molecule has 1 aromatic carbocycles. The van der Waals surface area contributed by atoms with Crippen LogP contribution in [0.5, 0.6) is 5.75 Å². The monoisotopic (exact) mass is 339 g/mol. The Morgan fingerprint density at radius 2 is 2.20 bits per heavy atom. The van der Waals surface area contributed by atoms with E-state index in [4.69, 9.17) is 10.5 Å². The van der Waals surface area contributed by atoms with Crippen LogP contribution in [0.1, 0.15) is 0 Å². The summed E-state index contributed by atoms with van der Waals surface area (Å²) in [6, 6.07) is 10.9. The highest BCUT2D eigenvalue weighted by molar-refractivity contribution is 5.91. The van der Waals surface area contributed by atoms with E-state index in [2.05, 4.69) is 11.1 Å². The maximum atomic E-state index is 12.4. The van der Waals surface area contributed by atoms with E-state index in [1.54, 1.807) is 0 Å². The first-order valence-corrected chi connectivity index (χ1v) is 7.79. The Morgan fingerprint density at radius 1 is 1.40 bits per heavy atom. The molecule has 0 saturated heterocycles. The smallest absolute Gasteiger partial charge is 0.325 e. The number of hydrogen-bond donors (Lipinski definition) is 2. The molecule has 129 valence electrons. The largest absolute Gasteiger partial charge is 0.492 e. The summed E-state index contributed by atoms with van der Waals surface area (Å²) < 4.78 is 6.67. The highest BCUT2D eigenvalue weighted by Gasteiger charge is 2.13. The minimum absolute atomic E-state index is 0.316. The second-order valence-electron chi connectivity index (χ2n) is 5.92. The van der Waals surface area contributed by atoms with E-state index in [1.165, 1.54) is 12.3 Å². The summed E-state index contributed by atoms with van der Waals surface area (Å²) in [5.41, 5.74) is 6.45. The number of pyridine rings is 1. The molecule has 2 aromatic heterocycles. The molecule has 0 unspecified atom stereocenters. The molecule has 0 spiro atoms. The van der Waals surface area contributed by atoms with Crippen LogP contribution in [0.15, 0.2) is 41.3 Å². The minimum atomic E-state index is -0.841. The fourth-order valence-corrected chi connectivity index (χ4v) is 2.54. The van der Waals surface area contributed by atoms with Crippen molar-refractivity contribution in [2.45, 2.75) is 0 Å². The van der Waals surface area contributed by atoms with Gasteiger partial charge in [-0.05, 0) is 38.4 Å². The molecule has 0 aliphatic heterocycles. The van der Waals surface area contributed by atoms with Crippen molar-refractivity contribution in [3.8, 4) is 17.0 Å². The Labute approximate surface area is 144 Å². The molecule has 0 bridgehead atoms. The highest BCUT2D eigenvalue weighted by atomic mass is 16.5. The van der Waals surface area contributed by atoms with Crippen LogP contribution < -0.4 is 16.0 Å². The molecule has 1 radical (unpaired) electrons. The lowest BCUT2D eigenvalue weighted by atomic mass is 10.2. The van der Waals surface area contributed by atoms with Crippen LogP contribution in [0.4, 0.5) is 4.79 Å². The van der Waals surface area contributed by atoms with E-state index < -0.39 is 11.6 Å². The number of carbonyl (C=O) groups excluding carboxylic acids is 1. The second-order valence-corrected chi connectivity index (χ2v) is 5.92. The number of primary amides is 1. The SMILES string of the molecule is CN(C)CCOc1cccc2[nH]c(-c3c[c]cn(C(N)=O)c3=O)cc12. The van der Waals surface area contributed by atoms with Crippen LogP contribution in [0.3, 0.4) is 0 Å². The van der Waals surface area contributed by atoms with Gasteiger partial charge in [0.25, 0.3) is 5.56 Å². The zero-order chi connectivity index (χ0) is 18.0. The fourth-order valence-electron chi connectivity index (χ4n) is 2.54. The standard InChI is InChI=1S/C18H19N4O3/c1-21(2)9-10-25-16-7-3-6-14-13(16)11-15(20-14)12-5-4-8-22(17(12)23)18(19)24/h3,5-8,11,20H,9-10H2,1-2H3,(H2,19,24). The quantitative estimate of drug-likeness (QED) is 0.739. The number of aromatic nitrogens is 2. The van der Waals surface area contributed by atoms with Gasteiger partial charge in [-0.25, -0.2) is 9.36 Å². The second kappa shape index (κ2) is 6.82. The normalized spacial score (nSPS) is 11.2. The van der Waals surface area contributed by atoms with Crippen molar-refractivity contribution in [2.24, 2.45) is 5.73 Å². The van der Waals surface area contributed by atoms with Crippen molar-refractivity contribution < 1.29 is 9.53 Å². The number of benzene rings is 1. The predicted molar refractivity (Wildman–Crippen MR) is 95.9 cm³/mol. The lowest BCUT2D eigenvalue weighted by molar-refractivity contribution is 0.249. The van der Waals surface area contributed by atoms with E-state index in [-0.39, 0.29) is 0 Å². The number of nitrogens with two attached hydrogens (primary N) is 1. The number of nitrogens with zero attached hydrogens (tertiary/aromatic N) is 2.